The highest BCUT2D eigenvalue weighted by molar-refractivity contribution is 5.46. The Labute approximate surface area is 172 Å². The topological polar surface area (TPSA) is 40.5 Å². The molecule has 1 aliphatic carbocycles. The van der Waals surface area contributed by atoms with E-state index in [0.29, 0.717) is 17.4 Å². The van der Waals surface area contributed by atoms with Gasteiger partial charge in [-0.2, -0.15) is 0 Å². The van der Waals surface area contributed by atoms with Crippen LogP contribution in [0, 0.1) is 23.2 Å². The maximum absolute atomic E-state index is 11.2. The van der Waals surface area contributed by atoms with Gasteiger partial charge in [0.2, 0.25) is 0 Å². The SMILES string of the molecule is CCCC(C1=C(C)C=C(O)C(C(C)(C)C)(C(C)(C)C)C1)c1ccc(O)cc1C. The monoisotopic (exact) mass is 384 g/mol. The molecule has 0 heterocycles. The summed E-state index contributed by atoms with van der Waals surface area (Å²) in [5, 5.41) is 21.1. The number of rotatable bonds is 4. The van der Waals surface area contributed by atoms with Crippen LogP contribution in [0.3, 0.4) is 0 Å². The second-order valence-corrected chi connectivity index (χ2v) is 10.7. The normalized spacial score (nSPS) is 18.8. The first-order valence-electron chi connectivity index (χ1n) is 10.7. The van der Waals surface area contributed by atoms with Crippen LogP contribution >= 0.6 is 0 Å². The van der Waals surface area contributed by atoms with E-state index in [2.05, 4.69) is 68.4 Å². The van der Waals surface area contributed by atoms with Crippen LogP contribution < -0.4 is 0 Å². The van der Waals surface area contributed by atoms with Crippen LogP contribution in [0.4, 0.5) is 0 Å². The zero-order valence-electron chi connectivity index (χ0n) is 19.4. The molecule has 2 rings (SSSR count). The number of phenolic OH excluding ortho intramolecular Hbond substituents is 1. The quantitative estimate of drug-likeness (QED) is 0.555. The second-order valence-electron chi connectivity index (χ2n) is 10.7. The minimum Gasteiger partial charge on any atom is -0.512 e. The highest BCUT2D eigenvalue weighted by Crippen LogP contribution is 2.62. The standard InChI is InChI=1S/C26H40O2/c1-10-11-21(20-13-12-19(27)14-17(20)2)22-16-26(24(4,5)6,25(7,8)9)23(28)15-18(22)3/h12-15,21,27-28H,10-11,16H2,1-9H3. The maximum Gasteiger partial charge on any atom is 0.115 e. The van der Waals surface area contributed by atoms with Gasteiger partial charge in [-0.15, -0.1) is 0 Å². The van der Waals surface area contributed by atoms with Crippen molar-refractivity contribution in [3.05, 3.63) is 52.3 Å². The molecule has 1 aromatic rings. The fourth-order valence-electron chi connectivity index (χ4n) is 5.62. The van der Waals surface area contributed by atoms with Gasteiger partial charge in [-0.3, -0.25) is 0 Å². The van der Waals surface area contributed by atoms with Gasteiger partial charge in [0.25, 0.3) is 0 Å². The number of aromatic hydroxyl groups is 1. The molecule has 2 N–H and O–H groups in total. The van der Waals surface area contributed by atoms with Crippen LogP contribution in [-0.2, 0) is 0 Å². The number of aryl methyl sites for hydroxylation is 1. The third-order valence-corrected chi connectivity index (χ3v) is 6.94. The molecule has 1 unspecified atom stereocenters. The predicted molar refractivity (Wildman–Crippen MR) is 120 cm³/mol. The first kappa shape index (κ1) is 22.6. The highest BCUT2D eigenvalue weighted by atomic mass is 16.3. The molecule has 0 saturated carbocycles. The van der Waals surface area contributed by atoms with E-state index in [9.17, 15) is 10.2 Å². The number of aliphatic hydroxyl groups excluding tert-OH is 1. The Morgan fingerprint density at radius 1 is 1.00 bits per heavy atom. The van der Waals surface area contributed by atoms with Crippen molar-refractivity contribution >= 4 is 0 Å². The molecule has 0 spiro atoms. The molecule has 2 heteroatoms. The van der Waals surface area contributed by atoms with Gasteiger partial charge in [-0.25, -0.2) is 0 Å². The lowest BCUT2D eigenvalue weighted by Gasteiger charge is -2.55. The molecule has 156 valence electrons. The van der Waals surface area contributed by atoms with Crippen LogP contribution in [0.25, 0.3) is 0 Å². The highest BCUT2D eigenvalue weighted by Gasteiger charge is 2.55. The lowest BCUT2D eigenvalue weighted by atomic mass is 9.48. The third kappa shape index (κ3) is 3.75. The van der Waals surface area contributed by atoms with Crippen LogP contribution in [0.15, 0.2) is 41.2 Å². The van der Waals surface area contributed by atoms with Gasteiger partial charge >= 0.3 is 0 Å². The van der Waals surface area contributed by atoms with E-state index in [1.165, 1.54) is 16.7 Å². The van der Waals surface area contributed by atoms with Gasteiger partial charge in [-0.05, 0) is 72.4 Å². The molecular formula is C26H40O2. The summed E-state index contributed by atoms with van der Waals surface area (Å²) in [4.78, 5) is 0. The molecule has 0 bridgehead atoms. The van der Waals surface area contributed by atoms with Crippen molar-refractivity contribution in [1.29, 1.82) is 0 Å². The molecule has 2 nitrogen and oxygen atoms in total. The van der Waals surface area contributed by atoms with Crippen molar-refractivity contribution in [3.63, 3.8) is 0 Å². The molecule has 0 aromatic heterocycles. The molecule has 0 saturated heterocycles. The lowest BCUT2D eigenvalue weighted by molar-refractivity contribution is -0.0336. The van der Waals surface area contributed by atoms with Gasteiger partial charge in [0, 0.05) is 11.3 Å². The summed E-state index contributed by atoms with van der Waals surface area (Å²) in [5.41, 5.74) is 4.55. The minimum absolute atomic E-state index is 0.0848. The molecule has 0 radical (unpaired) electrons. The van der Waals surface area contributed by atoms with E-state index in [-0.39, 0.29) is 16.2 Å². The zero-order valence-corrected chi connectivity index (χ0v) is 19.4. The number of allylic oxidation sites excluding steroid dienone is 4. The average molecular weight is 385 g/mol. The first-order chi connectivity index (χ1) is 12.8. The molecule has 1 aromatic carbocycles. The number of phenols is 1. The van der Waals surface area contributed by atoms with Crippen molar-refractivity contribution in [2.75, 3.05) is 0 Å². The molecule has 0 aliphatic heterocycles. The van der Waals surface area contributed by atoms with Crippen molar-refractivity contribution < 1.29 is 10.2 Å². The molecule has 1 aliphatic rings. The van der Waals surface area contributed by atoms with Gasteiger partial charge < -0.3 is 10.2 Å². The van der Waals surface area contributed by atoms with Crippen LogP contribution in [0.2, 0.25) is 0 Å². The predicted octanol–water partition coefficient (Wildman–Crippen LogP) is 7.83. The zero-order chi connectivity index (χ0) is 21.5. The van der Waals surface area contributed by atoms with E-state index < -0.39 is 0 Å². The summed E-state index contributed by atoms with van der Waals surface area (Å²) >= 11 is 0. The van der Waals surface area contributed by atoms with Gasteiger partial charge in [0.15, 0.2) is 0 Å². The molecule has 28 heavy (non-hydrogen) atoms. The van der Waals surface area contributed by atoms with Crippen molar-refractivity contribution in [1.82, 2.24) is 0 Å². The molecular weight excluding hydrogens is 344 g/mol. The Kier molecular flexibility index (Phi) is 6.14. The largest absolute Gasteiger partial charge is 0.512 e. The molecule has 0 amide bonds. The summed E-state index contributed by atoms with van der Waals surface area (Å²) in [6.07, 6.45) is 5.04. The fraction of sp³-hybridized carbons (Fsp3) is 0.615. The Bertz CT molecular complexity index is 768. The lowest BCUT2D eigenvalue weighted by Crippen LogP contribution is -2.49. The minimum atomic E-state index is -0.328. The van der Waals surface area contributed by atoms with E-state index in [4.69, 9.17) is 0 Å². The molecule has 0 fully saturated rings. The van der Waals surface area contributed by atoms with E-state index >= 15 is 0 Å². The number of aliphatic hydroxyl groups is 1. The third-order valence-electron chi connectivity index (χ3n) is 6.94. The first-order valence-corrected chi connectivity index (χ1v) is 10.7. The van der Waals surface area contributed by atoms with Crippen LogP contribution in [-0.4, -0.2) is 10.2 Å². The summed E-state index contributed by atoms with van der Waals surface area (Å²) < 4.78 is 0. The number of hydrogen-bond acceptors (Lipinski definition) is 2. The van der Waals surface area contributed by atoms with Crippen molar-refractivity contribution in [3.8, 4) is 5.75 Å². The summed E-state index contributed by atoms with van der Waals surface area (Å²) in [7, 11) is 0. The van der Waals surface area contributed by atoms with Crippen molar-refractivity contribution in [2.45, 2.75) is 87.5 Å². The maximum atomic E-state index is 11.2. The summed E-state index contributed by atoms with van der Waals surface area (Å²) in [6, 6.07) is 5.75. The van der Waals surface area contributed by atoms with Crippen LogP contribution in [0.1, 0.15) is 91.7 Å². The fourth-order valence-corrected chi connectivity index (χ4v) is 5.62. The number of hydrogen-bond donors (Lipinski definition) is 2. The average Bonchev–Trinajstić information content (AvgIpc) is 2.51. The Balaban J connectivity index is 2.69. The van der Waals surface area contributed by atoms with Gasteiger partial charge in [0.05, 0.1) is 0 Å². The van der Waals surface area contributed by atoms with Gasteiger partial charge in [0.1, 0.15) is 11.5 Å². The smallest absolute Gasteiger partial charge is 0.115 e. The Hall–Kier alpha value is -1.70. The van der Waals surface area contributed by atoms with E-state index in [1.807, 2.05) is 12.1 Å². The van der Waals surface area contributed by atoms with Gasteiger partial charge in [-0.1, -0.05) is 66.5 Å². The number of benzene rings is 1. The Morgan fingerprint density at radius 2 is 1.57 bits per heavy atom. The summed E-state index contributed by atoms with van der Waals surface area (Å²) in [6.45, 7) is 20.0. The Morgan fingerprint density at radius 3 is 2.04 bits per heavy atom. The molecule has 1 atom stereocenters. The van der Waals surface area contributed by atoms with E-state index in [0.717, 1.165) is 24.8 Å². The van der Waals surface area contributed by atoms with Crippen LogP contribution in [0.5, 0.6) is 5.75 Å². The van der Waals surface area contributed by atoms with E-state index in [1.54, 1.807) is 6.07 Å². The van der Waals surface area contributed by atoms with Crippen molar-refractivity contribution in [2.24, 2.45) is 16.2 Å². The summed E-state index contributed by atoms with van der Waals surface area (Å²) in [5.74, 6) is 1.15. The second kappa shape index (κ2) is 7.61.